The fourth-order valence-electron chi connectivity index (χ4n) is 3.23. The van der Waals surface area contributed by atoms with Crippen LogP contribution in [0.15, 0.2) is 41.0 Å². The van der Waals surface area contributed by atoms with Gasteiger partial charge in [0.05, 0.1) is 5.69 Å². The summed E-state index contributed by atoms with van der Waals surface area (Å²) in [5.74, 6) is 0. The van der Waals surface area contributed by atoms with Crippen LogP contribution in [0.4, 0.5) is 0 Å². The minimum Gasteiger partial charge on any atom is -0.360 e. The van der Waals surface area contributed by atoms with Gasteiger partial charge in [-0.05, 0) is 53.5 Å². The van der Waals surface area contributed by atoms with Crippen LogP contribution < -0.4 is 0 Å². The van der Waals surface area contributed by atoms with Gasteiger partial charge in [-0.25, -0.2) is 0 Å². The largest absolute Gasteiger partial charge is 0.360 e. The molecule has 0 atom stereocenters. The van der Waals surface area contributed by atoms with E-state index in [2.05, 4.69) is 78.2 Å². The fraction of sp³-hybridized carbons (Fsp3) is 0.300. The summed E-state index contributed by atoms with van der Waals surface area (Å²) in [6.07, 6.45) is 5.33. The Bertz CT molecular complexity index is 789. The van der Waals surface area contributed by atoms with Crippen molar-refractivity contribution in [3.05, 3.63) is 57.7 Å². The highest BCUT2D eigenvalue weighted by Crippen LogP contribution is 2.35. The van der Waals surface area contributed by atoms with Crippen LogP contribution in [-0.2, 0) is 19.3 Å². The number of hydrogen-bond donors (Lipinski definition) is 1. The number of benzene rings is 2. The van der Waals surface area contributed by atoms with Crippen molar-refractivity contribution >= 4 is 26.7 Å². The number of aromatic amines is 1. The summed E-state index contributed by atoms with van der Waals surface area (Å²) in [5, 5.41) is 2.56. The number of aromatic nitrogens is 1. The van der Waals surface area contributed by atoms with Crippen molar-refractivity contribution in [1.82, 2.24) is 4.98 Å². The van der Waals surface area contributed by atoms with Gasteiger partial charge in [-0.2, -0.15) is 0 Å². The van der Waals surface area contributed by atoms with E-state index in [0.29, 0.717) is 0 Å². The molecule has 0 aliphatic heterocycles. The van der Waals surface area contributed by atoms with Crippen molar-refractivity contribution in [1.29, 1.82) is 0 Å². The van der Waals surface area contributed by atoms with E-state index in [4.69, 9.17) is 0 Å². The van der Waals surface area contributed by atoms with Gasteiger partial charge in [-0.3, -0.25) is 0 Å². The molecule has 3 rings (SSSR count). The molecule has 0 radical (unpaired) electrons. The lowest BCUT2D eigenvalue weighted by atomic mass is 9.90. The number of aryl methyl sites for hydroxylation is 3. The maximum atomic E-state index is 3.60. The van der Waals surface area contributed by atoms with Gasteiger partial charge in [0.2, 0.25) is 0 Å². The normalized spacial score (nSPS) is 11.3. The van der Waals surface area contributed by atoms with Crippen LogP contribution in [0, 0.1) is 0 Å². The minimum atomic E-state index is 1.06. The van der Waals surface area contributed by atoms with Crippen LogP contribution in [0.2, 0.25) is 0 Å². The van der Waals surface area contributed by atoms with Crippen molar-refractivity contribution in [3.63, 3.8) is 0 Å². The molecule has 3 aromatic rings. The van der Waals surface area contributed by atoms with Gasteiger partial charge in [0.25, 0.3) is 0 Å². The van der Waals surface area contributed by atoms with Crippen LogP contribution >= 0.6 is 15.9 Å². The predicted molar refractivity (Wildman–Crippen MR) is 99.6 cm³/mol. The van der Waals surface area contributed by atoms with Gasteiger partial charge in [0, 0.05) is 21.6 Å². The number of rotatable bonds is 4. The summed E-state index contributed by atoms with van der Waals surface area (Å²) in [5.41, 5.74) is 6.98. The Hall–Kier alpha value is -1.54. The second-order valence-corrected chi connectivity index (χ2v) is 6.66. The lowest BCUT2D eigenvalue weighted by Crippen LogP contribution is -1.98. The Morgan fingerprint density at radius 2 is 1.59 bits per heavy atom. The lowest BCUT2D eigenvalue weighted by molar-refractivity contribution is 1.04. The van der Waals surface area contributed by atoms with E-state index in [1.165, 1.54) is 38.7 Å². The summed E-state index contributed by atoms with van der Waals surface area (Å²) >= 11 is 3.60. The Morgan fingerprint density at radius 1 is 0.909 bits per heavy atom. The zero-order valence-corrected chi connectivity index (χ0v) is 15.0. The van der Waals surface area contributed by atoms with Gasteiger partial charge < -0.3 is 4.98 Å². The SMILES string of the molecule is CCc1cc(CC)c(-c2[nH]cc3ccc(Br)cc23)c(CC)c1. The van der Waals surface area contributed by atoms with Crippen molar-refractivity contribution in [2.24, 2.45) is 0 Å². The van der Waals surface area contributed by atoms with Crippen molar-refractivity contribution in [2.45, 2.75) is 40.0 Å². The monoisotopic (exact) mass is 355 g/mol. The number of nitrogens with one attached hydrogen (secondary N) is 1. The van der Waals surface area contributed by atoms with E-state index in [0.717, 1.165) is 23.7 Å². The number of hydrogen-bond acceptors (Lipinski definition) is 0. The summed E-state index contributed by atoms with van der Waals surface area (Å²) in [6.45, 7) is 6.73. The third kappa shape index (κ3) is 2.61. The number of fused-ring (bicyclic) bond motifs is 1. The third-order valence-corrected chi connectivity index (χ3v) is 4.93. The molecule has 1 nitrogen and oxygen atoms in total. The Labute approximate surface area is 140 Å². The molecule has 114 valence electrons. The van der Waals surface area contributed by atoms with Crippen LogP contribution in [0.1, 0.15) is 37.5 Å². The smallest absolute Gasteiger partial charge is 0.0539 e. The van der Waals surface area contributed by atoms with Gasteiger partial charge in [0.15, 0.2) is 0 Å². The van der Waals surface area contributed by atoms with Crippen LogP contribution in [-0.4, -0.2) is 4.98 Å². The lowest BCUT2D eigenvalue weighted by Gasteiger charge is -2.15. The van der Waals surface area contributed by atoms with Crippen molar-refractivity contribution < 1.29 is 0 Å². The zero-order valence-electron chi connectivity index (χ0n) is 13.5. The maximum absolute atomic E-state index is 3.60. The Kier molecular flexibility index (Phi) is 4.39. The molecule has 0 saturated carbocycles. The van der Waals surface area contributed by atoms with E-state index >= 15 is 0 Å². The topological polar surface area (TPSA) is 15.8 Å². The standard InChI is InChI=1S/C20H22BrN/c1-4-13-9-14(5-2)19(15(6-3)10-13)20-18-11-17(21)8-7-16(18)12-22-20/h7-12,22H,4-6H2,1-3H3. The molecule has 1 N–H and O–H groups in total. The highest BCUT2D eigenvalue weighted by Gasteiger charge is 2.15. The van der Waals surface area contributed by atoms with Crippen molar-refractivity contribution in [3.8, 4) is 11.3 Å². The summed E-state index contributed by atoms with van der Waals surface area (Å²) in [4.78, 5) is 3.52. The molecule has 0 unspecified atom stereocenters. The maximum Gasteiger partial charge on any atom is 0.0539 e. The third-order valence-electron chi connectivity index (χ3n) is 4.44. The second-order valence-electron chi connectivity index (χ2n) is 5.74. The first-order chi connectivity index (χ1) is 10.7. The van der Waals surface area contributed by atoms with Gasteiger partial charge >= 0.3 is 0 Å². The molecule has 0 aliphatic rings. The first kappa shape index (κ1) is 15.4. The molecule has 0 spiro atoms. The fourth-order valence-corrected chi connectivity index (χ4v) is 3.59. The van der Waals surface area contributed by atoms with Crippen LogP contribution in [0.3, 0.4) is 0 Å². The molecule has 1 heterocycles. The number of halogens is 1. The molecule has 2 heteroatoms. The molecule has 0 saturated heterocycles. The summed E-state index contributed by atoms with van der Waals surface area (Å²) in [7, 11) is 0. The summed E-state index contributed by atoms with van der Waals surface area (Å²) < 4.78 is 1.13. The molecule has 1 aromatic heterocycles. The Balaban J connectivity index is 2.31. The van der Waals surface area contributed by atoms with E-state index in [9.17, 15) is 0 Å². The van der Waals surface area contributed by atoms with E-state index in [-0.39, 0.29) is 0 Å². The molecule has 2 aromatic carbocycles. The molecule has 22 heavy (non-hydrogen) atoms. The molecule has 0 bridgehead atoms. The second kappa shape index (κ2) is 6.29. The van der Waals surface area contributed by atoms with Gasteiger partial charge in [-0.15, -0.1) is 0 Å². The average Bonchev–Trinajstić information content (AvgIpc) is 2.95. The predicted octanol–water partition coefficient (Wildman–Crippen LogP) is 6.28. The quantitative estimate of drug-likeness (QED) is 0.566. The van der Waals surface area contributed by atoms with Crippen molar-refractivity contribution in [2.75, 3.05) is 0 Å². The highest BCUT2D eigenvalue weighted by atomic mass is 79.9. The highest BCUT2D eigenvalue weighted by molar-refractivity contribution is 9.10. The van der Waals surface area contributed by atoms with Crippen LogP contribution in [0.25, 0.3) is 22.0 Å². The first-order valence-electron chi connectivity index (χ1n) is 8.09. The van der Waals surface area contributed by atoms with E-state index in [1.54, 1.807) is 0 Å². The number of H-pyrrole nitrogens is 1. The van der Waals surface area contributed by atoms with Gasteiger partial charge in [-0.1, -0.05) is 54.9 Å². The molecule has 0 amide bonds. The van der Waals surface area contributed by atoms with E-state index in [1.807, 2.05) is 0 Å². The van der Waals surface area contributed by atoms with Crippen LogP contribution in [0.5, 0.6) is 0 Å². The van der Waals surface area contributed by atoms with Gasteiger partial charge in [0.1, 0.15) is 0 Å². The minimum absolute atomic E-state index is 1.06. The molecule has 0 aliphatic carbocycles. The average molecular weight is 356 g/mol. The summed E-state index contributed by atoms with van der Waals surface area (Å²) in [6, 6.07) is 11.2. The first-order valence-corrected chi connectivity index (χ1v) is 8.88. The molecule has 0 fully saturated rings. The molecular weight excluding hydrogens is 334 g/mol. The zero-order chi connectivity index (χ0) is 15.7. The van der Waals surface area contributed by atoms with E-state index < -0.39 is 0 Å². The molecular formula is C20H22BrN. The Morgan fingerprint density at radius 3 is 2.18 bits per heavy atom.